The number of nitrogens with one attached hydrogen (secondary N) is 1. The van der Waals surface area contributed by atoms with Gasteiger partial charge in [-0.15, -0.1) is 0 Å². The molecule has 1 fully saturated rings. The molecule has 1 heterocycles. The maximum Gasteiger partial charge on any atom is 0.0634 e. The maximum absolute atomic E-state index is 5.46. The summed E-state index contributed by atoms with van der Waals surface area (Å²) < 4.78 is 5.46. The molecule has 3 nitrogen and oxygen atoms in total. The number of rotatable bonds is 7. The van der Waals surface area contributed by atoms with Gasteiger partial charge in [0.25, 0.3) is 0 Å². The molecule has 0 aromatic rings. The van der Waals surface area contributed by atoms with Crippen LogP contribution in [0.5, 0.6) is 0 Å². The van der Waals surface area contributed by atoms with Crippen LogP contribution < -0.4 is 5.32 Å². The number of nitrogens with zero attached hydrogens (tertiary/aromatic N) is 1. The van der Waals surface area contributed by atoms with Crippen LogP contribution in [-0.4, -0.2) is 49.8 Å². The first-order valence-electron chi connectivity index (χ1n) is 6.09. The molecule has 0 unspecified atom stereocenters. The minimum absolute atomic E-state index is 0.0170. The number of ether oxygens (including phenoxy) is 1. The van der Waals surface area contributed by atoms with Crippen molar-refractivity contribution < 1.29 is 4.74 Å². The second-order valence-corrected chi connectivity index (χ2v) is 5.06. The van der Waals surface area contributed by atoms with Crippen molar-refractivity contribution in [3.63, 3.8) is 0 Å². The molecule has 0 spiro atoms. The first-order valence-corrected chi connectivity index (χ1v) is 6.09. The molecule has 0 radical (unpaired) electrons. The molecular formula is C12H26N2O. The fourth-order valence-electron chi connectivity index (χ4n) is 1.81. The number of methoxy groups -OCH3 is 1. The minimum Gasteiger partial charge on any atom is -0.379 e. The van der Waals surface area contributed by atoms with Gasteiger partial charge in [-0.2, -0.15) is 0 Å². The van der Waals surface area contributed by atoms with Crippen LogP contribution in [-0.2, 0) is 4.74 Å². The highest BCUT2D eigenvalue weighted by molar-refractivity contribution is 4.85. The smallest absolute Gasteiger partial charge is 0.0634 e. The third kappa shape index (κ3) is 4.09. The van der Waals surface area contributed by atoms with Crippen LogP contribution in [0, 0.1) is 0 Å². The fourth-order valence-corrected chi connectivity index (χ4v) is 1.81. The molecular weight excluding hydrogens is 188 g/mol. The second-order valence-electron chi connectivity index (χ2n) is 5.06. The molecule has 3 heteroatoms. The van der Waals surface area contributed by atoms with Gasteiger partial charge in [-0.1, -0.05) is 6.92 Å². The van der Waals surface area contributed by atoms with Gasteiger partial charge >= 0.3 is 0 Å². The monoisotopic (exact) mass is 214 g/mol. The van der Waals surface area contributed by atoms with Crippen molar-refractivity contribution in [2.24, 2.45) is 0 Å². The maximum atomic E-state index is 5.46. The quantitative estimate of drug-likeness (QED) is 0.695. The van der Waals surface area contributed by atoms with Crippen molar-refractivity contribution in [3.8, 4) is 0 Å². The summed E-state index contributed by atoms with van der Waals surface area (Å²) in [5.74, 6) is 0. The van der Waals surface area contributed by atoms with Crippen LogP contribution in [0.25, 0.3) is 0 Å². The summed E-state index contributed by atoms with van der Waals surface area (Å²) in [5, 5.41) is 3.34. The van der Waals surface area contributed by atoms with Crippen molar-refractivity contribution in [1.29, 1.82) is 0 Å². The van der Waals surface area contributed by atoms with Gasteiger partial charge in [0.15, 0.2) is 0 Å². The van der Waals surface area contributed by atoms with Gasteiger partial charge in [0.05, 0.1) is 5.60 Å². The summed E-state index contributed by atoms with van der Waals surface area (Å²) in [7, 11) is 1.80. The van der Waals surface area contributed by atoms with Crippen LogP contribution in [0.2, 0.25) is 0 Å². The summed E-state index contributed by atoms with van der Waals surface area (Å²) in [4.78, 5) is 2.59. The molecule has 1 rings (SSSR count). The Morgan fingerprint density at radius 2 is 2.00 bits per heavy atom. The Hall–Kier alpha value is -0.120. The molecule has 0 atom stereocenters. The molecule has 15 heavy (non-hydrogen) atoms. The third-order valence-electron chi connectivity index (χ3n) is 3.34. The van der Waals surface area contributed by atoms with E-state index in [1.165, 1.54) is 13.0 Å². The predicted molar refractivity (Wildman–Crippen MR) is 64.2 cm³/mol. The average Bonchev–Trinajstić information content (AvgIpc) is 2.12. The van der Waals surface area contributed by atoms with E-state index >= 15 is 0 Å². The first-order chi connectivity index (χ1) is 7.09. The minimum atomic E-state index is 0.0170. The lowest BCUT2D eigenvalue weighted by Gasteiger charge is -2.39. The van der Waals surface area contributed by atoms with E-state index in [4.69, 9.17) is 4.74 Å². The average molecular weight is 214 g/mol. The summed E-state index contributed by atoms with van der Waals surface area (Å²) in [6, 6.07) is 0.762. The molecule has 1 aliphatic rings. The first kappa shape index (κ1) is 12.9. The Labute approximate surface area is 94.2 Å². The van der Waals surface area contributed by atoms with Gasteiger partial charge < -0.3 is 10.1 Å². The van der Waals surface area contributed by atoms with Crippen LogP contribution >= 0.6 is 0 Å². The summed E-state index contributed by atoms with van der Waals surface area (Å²) >= 11 is 0. The Balaban J connectivity index is 2.30. The Morgan fingerprint density at radius 3 is 2.40 bits per heavy atom. The molecule has 0 aliphatic carbocycles. The van der Waals surface area contributed by atoms with E-state index in [1.54, 1.807) is 7.11 Å². The lowest BCUT2D eigenvalue weighted by molar-refractivity contribution is 0.00123. The third-order valence-corrected chi connectivity index (χ3v) is 3.34. The van der Waals surface area contributed by atoms with Gasteiger partial charge in [-0.05, 0) is 33.2 Å². The summed E-state index contributed by atoms with van der Waals surface area (Å²) in [6.07, 6.45) is 2.35. The highest BCUT2D eigenvalue weighted by atomic mass is 16.5. The highest BCUT2D eigenvalue weighted by Gasteiger charge is 2.25. The number of hydrogen-bond donors (Lipinski definition) is 1. The van der Waals surface area contributed by atoms with E-state index in [-0.39, 0.29) is 5.60 Å². The topological polar surface area (TPSA) is 24.5 Å². The van der Waals surface area contributed by atoms with Crippen LogP contribution in [0.4, 0.5) is 0 Å². The van der Waals surface area contributed by atoms with Crippen molar-refractivity contribution in [1.82, 2.24) is 10.2 Å². The van der Waals surface area contributed by atoms with E-state index in [0.29, 0.717) is 0 Å². The zero-order valence-electron chi connectivity index (χ0n) is 10.7. The Bertz CT molecular complexity index is 178. The fraction of sp³-hybridized carbons (Fsp3) is 1.00. The Kier molecular flexibility index (Phi) is 5.03. The molecule has 90 valence electrons. The molecule has 0 bridgehead atoms. The molecule has 1 N–H and O–H groups in total. The highest BCUT2D eigenvalue weighted by Crippen LogP contribution is 2.16. The SMILES string of the molecule is CCCN(CCC(C)(C)OC)C1CNC1. The van der Waals surface area contributed by atoms with Gasteiger partial charge in [0.2, 0.25) is 0 Å². The van der Waals surface area contributed by atoms with Gasteiger partial charge in [0.1, 0.15) is 0 Å². The summed E-state index contributed by atoms with van der Waals surface area (Å²) in [6.45, 7) is 11.3. The van der Waals surface area contributed by atoms with E-state index in [9.17, 15) is 0 Å². The zero-order valence-corrected chi connectivity index (χ0v) is 10.7. The van der Waals surface area contributed by atoms with E-state index in [1.807, 2.05) is 0 Å². The van der Waals surface area contributed by atoms with Crippen molar-refractivity contribution in [2.45, 2.75) is 45.3 Å². The second kappa shape index (κ2) is 5.83. The molecule has 1 saturated heterocycles. The molecule has 1 aliphatic heterocycles. The van der Waals surface area contributed by atoms with Crippen LogP contribution in [0.1, 0.15) is 33.6 Å². The molecule has 0 aromatic carbocycles. The lowest BCUT2D eigenvalue weighted by Crippen LogP contribution is -2.57. The molecule has 0 amide bonds. The normalized spacial score (nSPS) is 18.2. The lowest BCUT2D eigenvalue weighted by atomic mass is 10.0. The molecule has 0 saturated carbocycles. The van der Waals surface area contributed by atoms with Gasteiger partial charge in [0, 0.05) is 32.8 Å². The predicted octanol–water partition coefficient (Wildman–Crippen LogP) is 1.49. The van der Waals surface area contributed by atoms with E-state index < -0.39 is 0 Å². The van der Waals surface area contributed by atoms with Crippen LogP contribution in [0.3, 0.4) is 0 Å². The van der Waals surface area contributed by atoms with Crippen molar-refractivity contribution >= 4 is 0 Å². The van der Waals surface area contributed by atoms with Gasteiger partial charge in [-0.3, -0.25) is 4.90 Å². The zero-order chi connectivity index (χ0) is 11.3. The van der Waals surface area contributed by atoms with E-state index in [0.717, 1.165) is 32.1 Å². The van der Waals surface area contributed by atoms with Gasteiger partial charge in [-0.25, -0.2) is 0 Å². The van der Waals surface area contributed by atoms with Crippen molar-refractivity contribution in [2.75, 3.05) is 33.3 Å². The standard InChI is InChI=1S/C12H26N2O/c1-5-7-14(11-9-13-10-11)8-6-12(2,3)15-4/h11,13H,5-10H2,1-4H3. The largest absolute Gasteiger partial charge is 0.379 e. The van der Waals surface area contributed by atoms with Crippen LogP contribution in [0.15, 0.2) is 0 Å². The number of hydrogen-bond acceptors (Lipinski definition) is 3. The molecule has 0 aromatic heterocycles. The summed E-state index contributed by atoms with van der Waals surface area (Å²) in [5.41, 5.74) is 0.0170. The van der Waals surface area contributed by atoms with Crippen molar-refractivity contribution in [3.05, 3.63) is 0 Å². The van der Waals surface area contributed by atoms with E-state index in [2.05, 4.69) is 31.0 Å². The Morgan fingerprint density at radius 1 is 1.33 bits per heavy atom.